The van der Waals surface area contributed by atoms with Gasteiger partial charge in [-0.25, -0.2) is 8.78 Å². The highest BCUT2D eigenvalue weighted by Gasteiger charge is 2.63. The van der Waals surface area contributed by atoms with Crippen LogP contribution in [0.2, 0.25) is 0 Å². The van der Waals surface area contributed by atoms with Crippen LogP contribution in [-0.2, 0) is 14.3 Å². The first-order valence-corrected chi connectivity index (χ1v) is 9.19. The lowest BCUT2D eigenvalue weighted by molar-refractivity contribution is -0.159. The van der Waals surface area contributed by atoms with E-state index >= 15 is 0 Å². The number of esters is 1. The number of benzene rings is 2. The molecule has 6 nitrogen and oxygen atoms in total. The van der Waals surface area contributed by atoms with E-state index in [4.69, 9.17) is 4.74 Å². The summed E-state index contributed by atoms with van der Waals surface area (Å²) >= 11 is 0. The molecule has 0 saturated carbocycles. The molecule has 1 saturated heterocycles. The lowest BCUT2D eigenvalue weighted by Crippen LogP contribution is -2.58. The first-order valence-electron chi connectivity index (χ1n) is 9.19. The van der Waals surface area contributed by atoms with E-state index in [2.05, 4.69) is 5.32 Å². The lowest BCUT2D eigenvalue weighted by atomic mass is 9.59. The summed E-state index contributed by atoms with van der Waals surface area (Å²) in [4.78, 5) is 25.9. The van der Waals surface area contributed by atoms with Crippen LogP contribution >= 0.6 is 0 Å². The molecule has 0 aliphatic carbocycles. The number of hydrogen-bond donors (Lipinski definition) is 1. The maximum atomic E-state index is 14.8. The summed E-state index contributed by atoms with van der Waals surface area (Å²) in [5.74, 6) is -6.58. The summed E-state index contributed by atoms with van der Waals surface area (Å²) in [5.41, 5.74) is -2.60. The van der Waals surface area contributed by atoms with E-state index in [1.807, 2.05) is 6.07 Å². The second kappa shape index (κ2) is 8.30. The minimum Gasteiger partial charge on any atom is -0.465 e. The molecule has 8 heteroatoms. The van der Waals surface area contributed by atoms with Gasteiger partial charge < -0.3 is 10.1 Å². The summed E-state index contributed by atoms with van der Waals surface area (Å²) < 4.78 is 34.6. The Bertz CT molecular complexity index is 1080. The number of nitrogens with zero attached hydrogens (tertiary/aromatic N) is 2. The van der Waals surface area contributed by atoms with Crippen LogP contribution in [0.3, 0.4) is 0 Å². The first-order chi connectivity index (χ1) is 14.4. The standard InChI is InChI=1S/C22H17F2N3O3/c1-2-30-21(29)22(12-26)18(13-7-3-5-9-16(13)23)15(11-25)20(28)27-19(22)14-8-4-6-10-17(14)24/h3-10,15,18-19H,2H2,1H3,(H,27,28). The van der Waals surface area contributed by atoms with E-state index in [9.17, 15) is 28.9 Å². The van der Waals surface area contributed by atoms with Crippen molar-refractivity contribution in [2.45, 2.75) is 18.9 Å². The Labute approximate surface area is 171 Å². The molecule has 1 N–H and O–H groups in total. The number of nitrogens with one attached hydrogen (secondary N) is 1. The van der Waals surface area contributed by atoms with E-state index < -0.39 is 46.8 Å². The van der Waals surface area contributed by atoms with Gasteiger partial charge in [-0.1, -0.05) is 36.4 Å². The molecule has 1 aliphatic heterocycles. The highest BCUT2D eigenvalue weighted by Crippen LogP contribution is 2.53. The van der Waals surface area contributed by atoms with Crippen LogP contribution in [0.25, 0.3) is 0 Å². The van der Waals surface area contributed by atoms with Crippen LogP contribution in [0.4, 0.5) is 8.78 Å². The summed E-state index contributed by atoms with van der Waals surface area (Å²) in [6, 6.07) is 12.7. The van der Waals surface area contributed by atoms with Gasteiger partial charge in [0.25, 0.3) is 0 Å². The fourth-order valence-electron chi connectivity index (χ4n) is 3.93. The lowest BCUT2D eigenvalue weighted by Gasteiger charge is -2.45. The van der Waals surface area contributed by atoms with Crippen LogP contribution in [0.1, 0.15) is 30.0 Å². The molecule has 1 heterocycles. The predicted octanol–water partition coefficient (Wildman–Crippen LogP) is 3.13. The second-order valence-electron chi connectivity index (χ2n) is 6.77. The molecule has 2 aromatic carbocycles. The van der Waals surface area contributed by atoms with Crippen molar-refractivity contribution in [3.63, 3.8) is 0 Å². The van der Waals surface area contributed by atoms with E-state index in [-0.39, 0.29) is 17.7 Å². The molecule has 4 unspecified atom stereocenters. The summed E-state index contributed by atoms with van der Waals surface area (Å²) in [5, 5.41) is 22.3. The smallest absolute Gasteiger partial charge is 0.329 e. The predicted molar refractivity (Wildman–Crippen MR) is 100 cm³/mol. The Morgan fingerprint density at radius 2 is 1.67 bits per heavy atom. The third kappa shape index (κ3) is 3.17. The van der Waals surface area contributed by atoms with E-state index in [1.54, 1.807) is 6.07 Å². The molecule has 2 aromatic rings. The number of amides is 1. The van der Waals surface area contributed by atoms with Crippen molar-refractivity contribution in [3.8, 4) is 12.1 Å². The van der Waals surface area contributed by atoms with Gasteiger partial charge in [-0.15, -0.1) is 0 Å². The molecule has 0 aromatic heterocycles. The molecule has 1 aliphatic rings. The number of carbonyl (C=O) groups is 2. The van der Waals surface area contributed by atoms with Crippen LogP contribution in [0.15, 0.2) is 48.5 Å². The van der Waals surface area contributed by atoms with Gasteiger partial charge in [0.2, 0.25) is 5.91 Å². The van der Waals surface area contributed by atoms with Gasteiger partial charge in [-0.05, 0) is 24.6 Å². The number of nitriles is 2. The minimum atomic E-state index is -2.28. The second-order valence-corrected chi connectivity index (χ2v) is 6.77. The Hall–Kier alpha value is -3.78. The zero-order valence-corrected chi connectivity index (χ0v) is 15.9. The Balaban J connectivity index is 2.37. The molecule has 152 valence electrons. The quantitative estimate of drug-likeness (QED) is 0.782. The van der Waals surface area contributed by atoms with Gasteiger partial charge >= 0.3 is 5.97 Å². The number of hydrogen-bond acceptors (Lipinski definition) is 5. The number of carbonyl (C=O) groups excluding carboxylic acids is 2. The normalized spacial score (nSPS) is 25.5. The largest absolute Gasteiger partial charge is 0.465 e. The van der Waals surface area contributed by atoms with Gasteiger partial charge in [0, 0.05) is 11.5 Å². The topological polar surface area (TPSA) is 103 Å². The Morgan fingerprint density at radius 1 is 1.10 bits per heavy atom. The molecule has 1 fully saturated rings. The number of halogens is 2. The molecule has 1 amide bonds. The zero-order valence-electron chi connectivity index (χ0n) is 15.9. The third-order valence-corrected chi connectivity index (χ3v) is 5.24. The molecular formula is C22H17F2N3O3. The molecular weight excluding hydrogens is 392 g/mol. The van der Waals surface area contributed by atoms with Crippen molar-refractivity contribution < 1.29 is 23.1 Å². The first kappa shape index (κ1) is 20.9. The molecule has 30 heavy (non-hydrogen) atoms. The maximum absolute atomic E-state index is 14.8. The van der Waals surface area contributed by atoms with Crippen LogP contribution in [0.5, 0.6) is 0 Å². The van der Waals surface area contributed by atoms with Gasteiger partial charge in [-0.3, -0.25) is 9.59 Å². The number of ether oxygens (including phenoxy) is 1. The van der Waals surface area contributed by atoms with Crippen molar-refractivity contribution in [3.05, 3.63) is 71.3 Å². The van der Waals surface area contributed by atoms with Gasteiger partial charge in [0.1, 0.15) is 17.6 Å². The molecule has 4 atom stereocenters. The zero-order chi connectivity index (χ0) is 21.9. The number of rotatable bonds is 4. The minimum absolute atomic E-state index is 0.110. The van der Waals surface area contributed by atoms with E-state index in [0.29, 0.717) is 0 Å². The van der Waals surface area contributed by atoms with Crippen molar-refractivity contribution in [2.75, 3.05) is 6.61 Å². The molecule has 0 radical (unpaired) electrons. The van der Waals surface area contributed by atoms with Crippen molar-refractivity contribution in [1.29, 1.82) is 10.5 Å². The van der Waals surface area contributed by atoms with Crippen molar-refractivity contribution in [1.82, 2.24) is 5.32 Å². The van der Waals surface area contributed by atoms with Crippen LogP contribution in [-0.4, -0.2) is 18.5 Å². The average molecular weight is 409 g/mol. The van der Waals surface area contributed by atoms with Crippen molar-refractivity contribution >= 4 is 11.9 Å². The Kier molecular flexibility index (Phi) is 5.79. The summed E-state index contributed by atoms with van der Waals surface area (Å²) in [7, 11) is 0. The molecule has 0 bridgehead atoms. The van der Waals surface area contributed by atoms with Gasteiger partial charge in [0.05, 0.1) is 24.8 Å². The fraction of sp³-hybridized carbons (Fsp3) is 0.273. The molecule has 3 rings (SSSR count). The highest BCUT2D eigenvalue weighted by atomic mass is 19.1. The fourth-order valence-corrected chi connectivity index (χ4v) is 3.93. The number of piperidine rings is 1. The molecule has 0 spiro atoms. The van der Waals surface area contributed by atoms with E-state index in [0.717, 1.165) is 12.1 Å². The van der Waals surface area contributed by atoms with Gasteiger partial charge in [0.15, 0.2) is 5.41 Å². The maximum Gasteiger partial charge on any atom is 0.329 e. The SMILES string of the molecule is CCOC(=O)C1(C#N)C(c2ccccc2F)NC(=O)C(C#N)C1c1ccccc1F. The van der Waals surface area contributed by atoms with Gasteiger partial charge in [-0.2, -0.15) is 10.5 Å². The Morgan fingerprint density at radius 3 is 2.17 bits per heavy atom. The van der Waals surface area contributed by atoms with Crippen LogP contribution < -0.4 is 5.32 Å². The van der Waals surface area contributed by atoms with Crippen molar-refractivity contribution in [2.24, 2.45) is 11.3 Å². The average Bonchev–Trinajstić information content (AvgIpc) is 2.74. The monoisotopic (exact) mass is 409 g/mol. The summed E-state index contributed by atoms with van der Waals surface area (Å²) in [6.07, 6.45) is 0. The highest BCUT2D eigenvalue weighted by molar-refractivity contribution is 5.92. The van der Waals surface area contributed by atoms with E-state index in [1.165, 1.54) is 43.3 Å². The summed E-state index contributed by atoms with van der Waals surface area (Å²) in [6.45, 7) is 1.41. The van der Waals surface area contributed by atoms with Crippen LogP contribution in [0, 0.1) is 45.6 Å². The third-order valence-electron chi connectivity index (χ3n) is 5.24.